The van der Waals surface area contributed by atoms with Crippen molar-refractivity contribution in [1.29, 1.82) is 0 Å². The zero-order chi connectivity index (χ0) is 17.0. The highest BCUT2D eigenvalue weighted by atomic mass is 16.5. The minimum absolute atomic E-state index is 0.345. The van der Waals surface area contributed by atoms with Gasteiger partial charge < -0.3 is 14.5 Å². The van der Waals surface area contributed by atoms with Crippen molar-refractivity contribution in [3.05, 3.63) is 23.5 Å². The molecular formula is C19H35N3O. The van der Waals surface area contributed by atoms with Crippen LogP contribution < -0.4 is 0 Å². The summed E-state index contributed by atoms with van der Waals surface area (Å²) in [6.07, 6.45) is 7.55. The van der Waals surface area contributed by atoms with Crippen molar-refractivity contribution < 1.29 is 4.74 Å². The first-order valence-electron chi connectivity index (χ1n) is 8.94. The summed E-state index contributed by atoms with van der Waals surface area (Å²) in [5.41, 5.74) is 1.76. The molecule has 0 aromatic carbocycles. The van der Waals surface area contributed by atoms with Gasteiger partial charge in [-0.25, -0.2) is 0 Å². The lowest BCUT2D eigenvalue weighted by molar-refractivity contribution is 0.0215. The Hall–Kier alpha value is -1.00. The van der Waals surface area contributed by atoms with E-state index in [2.05, 4.69) is 68.6 Å². The van der Waals surface area contributed by atoms with Gasteiger partial charge in [-0.1, -0.05) is 20.8 Å². The number of nitrogens with zero attached hydrogens (tertiary/aromatic N) is 3. The van der Waals surface area contributed by atoms with E-state index in [4.69, 9.17) is 4.74 Å². The molecule has 2 aliphatic rings. The average molecular weight is 322 g/mol. The number of ether oxygens (including phenoxy) is 1. The molecule has 23 heavy (non-hydrogen) atoms. The summed E-state index contributed by atoms with van der Waals surface area (Å²) in [5, 5.41) is 0. The van der Waals surface area contributed by atoms with E-state index in [0.29, 0.717) is 11.6 Å². The van der Waals surface area contributed by atoms with E-state index in [-0.39, 0.29) is 0 Å². The summed E-state index contributed by atoms with van der Waals surface area (Å²) in [7, 11) is 4.35. The predicted molar refractivity (Wildman–Crippen MR) is 97.1 cm³/mol. The van der Waals surface area contributed by atoms with Crippen molar-refractivity contribution >= 4 is 0 Å². The molecule has 1 fully saturated rings. The maximum Gasteiger partial charge on any atom is 0.106 e. The van der Waals surface area contributed by atoms with Crippen LogP contribution in [0.4, 0.5) is 0 Å². The van der Waals surface area contributed by atoms with Gasteiger partial charge in [0.2, 0.25) is 0 Å². The third kappa shape index (κ3) is 5.25. The van der Waals surface area contributed by atoms with Gasteiger partial charge in [0.1, 0.15) is 12.0 Å². The molecule has 0 aromatic rings. The second kappa shape index (κ2) is 7.71. The molecule has 1 unspecified atom stereocenters. The van der Waals surface area contributed by atoms with E-state index in [1.54, 1.807) is 0 Å². The molecule has 0 amide bonds. The number of allylic oxidation sites excluding steroid dienone is 2. The third-order valence-electron chi connectivity index (χ3n) is 4.57. The molecule has 1 atom stereocenters. The highest BCUT2D eigenvalue weighted by Gasteiger charge is 2.28. The standard InChI is InChI=1S/C19H35N3O/c1-16-14-17(20(5)6)22(9-7-8-19(2,3)4)18(15-16)21-10-12-23-13-11-21/h14-15,17H,7-13H2,1-6H3. The van der Waals surface area contributed by atoms with Gasteiger partial charge in [0, 0.05) is 19.6 Å². The smallest absolute Gasteiger partial charge is 0.106 e. The first kappa shape index (κ1) is 18.3. The fourth-order valence-electron chi connectivity index (χ4n) is 3.32. The summed E-state index contributed by atoms with van der Waals surface area (Å²) in [6, 6.07) is 0. The minimum Gasteiger partial charge on any atom is -0.378 e. The monoisotopic (exact) mass is 321 g/mol. The number of hydrogen-bond donors (Lipinski definition) is 0. The Morgan fingerprint density at radius 2 is 1.87 bits per heavy atom. The van der Waals surface area contributed by atoms with Gasteiger partial charge in [-0.05, 0) is 57.0 Å². The quantitative estimate of drug-likeness (QED) is 0.774. The Morgan fingerprint density at radius 3 is 2.43 bits per heavy atom. The third-order valence-corrected chi connectivity index (χ3v) is 4.57. The lowest BCUT2D eigenvalue weighted by atomic mass is 9.90. The second-order valence-corrected chi connectivity index (χ2v) is 8.25. The van der Waals surface area contributed by atoms with Crippen molar-refractivity contribution in [2.45, 2.75) is 46.7 Å². The highest BCUT2D eigenvalue weighted by molar-refractivity contribution is 5.28. The fraction of sp³-hybridized carbons (Fsp3) is 0.789. The Bertz CT molecular complexity index is 442. The van der Waals surface area contributed by atoms with Crippen LogP contribution in [0.25, 0.3) is 0 Å². The van der Waals surface area contributed by atoms with E-state index >= 15 is 0 Å². The fourth-order valence-corrected chi connectivity index (χ4v) is 3.32. The van der Waals surface area contributed by atoms with Crippen LogP contribution in [-0.2, 0) is 4.74 Å². The Kier molecular flexibility index (Phi) is 6.15. The van der Waals surface area contributed by atoms with Crippen LogP contribution in [0.15, 0.2) is 23.5 Å². The number of morpholine rings is 1. The van der Waals surface area contributed by atoms with Gasteiger partial charge in [0.15, 0.2) is 0 Å². The molecule has 2 aliphatic heterocycles. The molecule has 132 valence electrons. The maximum atomic E-state index is 5.54. The molecule has 0 saturated carbocycles. The molecule has 4 heteroatoms. The van der Waals surface area contributed by atoms with Crippen molar-refractivity contribution in [2.24, 2.45) is 5.41 Å². The molecule has 0 spiro atoms. The van der Waals surface area contributed by atoms with Gasteiger partial charge in [-0.3, -0.25) is 4.90 Å². The van der Waals surface area contributed by atoms with E-state index in [1.807, 2.05) is 0 Å². The van der Waals surface area contributed by atoms with Crippen molar-refractivity contribution in [3.63, 3.8) is 0 Å². The largest absolute Gasteiger partial charge is 0.378 e. The van der Waals surface area contributed by atoms with E-state index in [1.165, 1.54) is 24.2 Å². The molecule has 0 N–H and O–H groups in total. The van der Waals surface area contributed by atoms with Gasteiger partial charge in [0.25, 0.3) is 0 Å². The first-order valence-corrected chi connectivity index (χ1v) is 8.94. The van der Waals surface area contributed by atoms with Gasteiger partial charge in [-0.2, -0.15) is 0 Å². The predicted octanol–water partition coefficient (Wildman–Crippen LogP) is 3.14. The van der Waals surface area contributed by atoms with Crippen LogP contribution in [0, 0.1) is 5.41 Å². The van der Waals surface area contributed by atoms with Gasteiger partial charge >= 0.3 is 0 Å². The Morgan fingerprint density at radius 1 is 1.22 bits per heavy atom. The summed E-state index contributed by atoms with van der Waals surface area (Å²) >= 11 is 0. The maximum absolute atomic E-state index is 5.54. The number of rotatable bonds is 5. The molecule has 2 rings (SSSR count). The van der Waals surface area contributed by atoms with Crippen molar-refractivity contribution in [2.75, 3.05) is 46.9 Å². The molecule has 0 radical (unpaired) electrons. The molecule has 0 aromatic heterocycles. The van der Waals surface area contributed by atoms with Crippen LogP contribution in [0.3, 0.4) is 0 Å². The Labute approximate surface area is 142 Å². The lowest BCUT2D eigenvalue weighted by Crippen LogP contribution is -2.51. The summed E-state index contributed by atoms with van der Waals surface area (Å²) in [6.45, 7) is 14.0. The summed E-state index contributed by atoms with van der Waals surface area (Å²) < 4.78 is 5.54. The van der Waals surface area contributed by atoms with Gasteiger partial charge in [-0.15, -0.1) is 0 Å². The molecule has 4 nitrogen and oxygen atoms in total. The second-order valence-electron chi connectivity index (χ2n) is 8.25. The van der Waals surface area contributed by atoms with E-state index < -0.39 is 0 Å². The summed E-state index contributed by atoms with van der Waals surface area (Å²) in [4.78, 5) is 7.38. The van der Waals surface area contributed by atoms with Gasteiger partial charge in [0.05, 0.1) is 13.2 Å². The molecule has 0 aliphatic carbocycles. The molecule has 1 saturated heterocycles. The van der Waals surface area contributed by atoms with Crippen molar-refractivity contribution in [1.82, 2.24) is 14.7 Å². The minimum atomic E-state index is 0.345. The van der Waals surface area contributed by atoms with Crippen molar-refractivity contribution in [3.8, 4) is 0 Å². The van der Waals surface area contributed by atoms with E-state index in [0.717, 1.165) is 32.8 Å². The number of hydrogen-bond acceptors (Lipinski definition) is 4. The Balaban J connectivity index is 2.14. The van der Waals surface area contributed by atoms with Crippen LogP contribution in [-0.4, -0.2) is 67.8 Å². The van der Waals surface area contributed by atoms with Crippen LogP contribution in [0.1, 0.15) is 40.5 Å². The van der Waals surface area contributed by atoms with Crippen LogP contribution in [0.5, 0.6) is 0 Å². The zero-order valence-electron chi connectivity index (χ0n) is 15.9. The normalized spacial score (nSPS) is 23.2. The molecule has 0 bridgehead atoms. The molecule has 2 heterocycles. The van der Waals surface area contributed by atoms with Crippen LogP contribution in [0.2, 0.25) is 0 Å². The SMILES string of the molecule is CC1=CC(N(C)C)N(CCCC(C)(C)C)C(N2CCOCC2)=C1. The molecular weight excluding hydrogens is 286 g/mol. The highest BCUT2D eigenvalue weighted by Crippen LogP contribution is 2.27. The van der Waals surface area contributed by atoms with E-state index in [9.17, 15) is 0 Å². The lowest BCUT2D eigenvalue weighted by Gasteiger charge is -2.45. The first-order chi connectivity index (χ1) is 10.8. The summed E-state index contributed by atoms with van der Waals surface area (Å²) in [5.74, 6) is 1.38. The van der Waals surface area contributed by atoms with Crippen LogP contribution >= 0.6 is 0 Å². The average Bonchev–Trinajstić information content (AvgIpc) is 2.47. The number of likely N-dealkylation sites (N-methyl/N-ethyl adjacent to an activating group) is 1. The topological polar surface area (TPSA) is 19.0 Å². The zero-order valence-corrected chi connectivity index (χ0v) is 15.9.